The summed E-state index contributed by atoms with van der Waals surface area (Å²) in [6.45, 7) is 4.10. The van der Waals surface area contributed by atoms with Crippen molar-refractivity contribution in [3.05, 3.63) is 0 Å². The number of amides is 1. The summed E-state index contributed by atoms with van der Waals surface area (Å²) in [5, 5.41) is 2.74. The smallest absolute Gasteiger partial charge is 0.281 e. The van der Waals surface area contributed by atoms with E-state index in [-0.39, 0.29) is 30.8 Å². The Kier molecular flexibility index (Phi) is 10.2. The molecule has 0 aromatic rings. The standard InChI is InChI=1S/C13H28N4O3S.ClH/c1-3-4-9-16(2)21(19,20)17-10-5-6-12(11-17)13(18)15-8-7-14;/h12H,3-11,14H2,1-2H3,(H,15,18);1H. The van der Waals surface area contributed by atoms with Gasteiger partial charge in [0.15, 0.2) is 0 Å². The van der Waals surface area contributed by atoms with Crippen LogP contribution in [0, 0.1) is 5.92 Å². The van der Waals surface area contributed by atoms with E-state index in [0.717, 1.165) is 19.3 Å². The van der Waals surface area contributed by atoms with Crippen LogP contribution < -0.4 is 11.1 Å². The molecule has 0 radical (unpaired) electrons. The molecule has 1 amide bonds. The second-order valence-corrected chi connectivity index (χ2v) is 7.50. The third-order valence-electron chi connectivity index (χ3n) is 3.75. The largest absolute Gasteiger partial charge is 0.355 e. The first-order valence-corrected chi connectivity index (χ1v) is 9.02. The lowest BCUT2D eigenvalue weighted by atomic mass is 9.99. The Balaban J connectivity index is 0.00000441. The van der Waals surface area contributed by atoms with E-state index < -0.39 is 10.2 Å². The van der Waals surface area contributed by atoms with E-state index in [1.807, 2.05) is 6.92 Å². The number of halogens is 1. The third-order valence-corrected chi connectivity index (χ3v) is 5.70. The first-order valence-electron chi connectivity index (χ1n) is 7.62. The van der Waals surface area contributed by atoms with Crippen molar-refractivity contribution in [2.24, 2.45) is 11.7 Å². The molecule has 7 nitrogen and oxygen atoms in total. The van der Waals surface area contributed by atoms with E-state index in [4.69, 9.17) is 5.73 Å². The molecular weight excluding hydrogens is 328 g/mol. The average molecular weight is 357 g/mol. The lowest BCUT2D eigenvalue weighted by Gasteiger charge is -2.33. The second kappa shape index (κ2) is 10.4. The van der Waals surface area contributed by atoms with E-state index in [0.29, 0.717) is 32.6 Å². The van der Waals surface area contributed by atoms with Gasteiger partial charge in [0.2, 0.25) is 5.91 Å². The fraction of sp³-hybridized carbons (Fsp3) is 0.923. The van der Waals surface area contributed by atoms with Gasteiger partial charge in [0.25, 0.3) is 10.2 Å². The van der Waals surface area contributed by atoms with Crippen molar-refractivity contribution in [1.29, 1.82) is 0 Å². The molecule has 1 aliphatic heterocycles. The van der Waals surface area contributed by atoms with Crippen LogP contribution in [-0.4, -0.2) is 62.7 Å². The molecule has 1 atom stereocenters. The van der Waals surface area contributed by atoms with Crippen molar-refractivity contribution in [2.45, 2.75) is 32.6 Å². The van der Waals surface area contributed by atoms with Crippen molar-refractivity contribution in [3.63, 3.8) is 0 Å². The SMILES string of the molecule is CCCCN(C)S(=O)(=O)N1CCCC(C(=O)NCCN)C1.Cl. The van der Waals surface area contributed by atoms with Crippen LogP contribution in [0.15, 0.2) is 0 Å². The van der Waals surface area contributed by atoms with Crippen LogP contribution >= 0.6 is 12.4 Å². The summed E-state index contributed by atoms with van der Waals surface area (Å²) in [4.78, 5) is 12.0. The van der Waals surface area contributed by atoms with Crippen LogP contribution in [0.3, 0.4) is 0 Å². The van der Waals surface area contributed by atoms with E-state index >= 15 is 0 Å². The van der Waals surface area contributed by atoms with Crippen molar-refractivity contribution >= 4 is 28.5 Å². The Morgan fingerprint density at radius 2 is 2.14 bits per heavy atom. The third kappa shape index (κ3) is 6.00. The zero-order valence-corrected chi connectivity index (χ0v) is 15.1. The minimum absolute atomic E-state index is 0. The molecule has 9 heteroatoms. The van der Waals surface area contributed by atoms with Crippen molar-refractivity contribution < 1.29 is 13.2 Å². The highest BCUT2D eigenvalue weighted by atomic mass is 35.5. The van der Waals surface area contributed by atoms with Gasteiger partial charge in [0.05, 0.1) is 5.92 Å². The maximum Gasteiger partial charge on any atom is 0.281 e. The number of nitrogens with one attached hydrogen (secondary N) is 1. The van der Waals surface area contributed by atoms with Crippen LogP contribution in [0.2, 0.25) is 0 Å². The van der Waals surface area contributed by atoms with E-state index in [1.165, 1.54) is 8.61 Å². The summed E-state index contributed by atoms with van der Waals surface area (Å²) in [6.07, 6.45) is 3.22. The van der Waals surface area contributed by atoms with E-state index in [2.05, 4.69) is 5.32 Å². The van der Waals surface area contributed by atoms with Gasteiger partial charge in [-0.2, -0.15) is 17.0 Å². The van der Waals surface area contributed by atoms with Crippen LogP contribution in [-0.2, 0) is 15.0 Å². The highest BCUT2D eigenvalue weighted by Gasteiger charge is 2.34. The summed E-state index contributed by atoms with van der Waals surface area (Å²) < 4.78 is 27.8. The summed E-state index contributed by atoms with van der Waals surface area (Å²) in [5.74, 6) is -0.379. The Hall–Kier alpha value is -0.410. The zero-order chi connectivity index (χ0) is 15.9. The van der Waals surface area contributed by atoms with Gasteiger partial charge in [-0.3, -0.25) is 4.79 Å². The summed E-state index contributed by atoms with van der Waals surface area (Å²) in [6, 6.07) is 0. The number of piperidine rings is 1. The Morgan fingerprint density at radius 3 is 2.73 bits per heavy atom. The van der Waals surface area contributed by atoms with Gasteiger partial charge < -0.3 is 11.1 Å². The molecule has 0 spiro atoms. The van der Waals surface area contributed by atoms with Crippen LogP contribution in [0.4, 0.5) is 0 Å². The first-order chi connectivity index (χ1) is 9.93. The molecule has 0 aromatic heterocycles. The lowest BCUT2D eigenvalue weighted by molar-refractivity contribution is -0.126. The van der Waals surface area contributed by atoms with Crippen molar-refractivity contribution in [3.8, 4) is 0 Å². The number of nitrogens with zero attached hydrogens (tertiary/aromatic N) is 2. The fourth-order valence-electron chi connectivity index (χ4n) is 2.40. The topological polar surface area (TPSA) is 95.7 Å². The molecule has 3 N–H and O–H groups in total. The number of nitrogens with two attached hydrogens (primary N) is 1. The van der Waals surface area contributed by atoms with Crippen molar-refractivity contribution in [1.82, 2.24) is 13.9 Å². The van der Waals surface area contributed by atoms with Gasteiger partial charge >= 0.3 is 0 Å². The Morgan fingerprint density at radius 1 is 1.45 bits per heavy atom. The number of carbonyl (C=O) groups excluding carboxylic acids is 1. The number of unbranched alkanes of at least 4 members (excludes halogenated alkanes) is 1. The van der Waals surface area contributed by atoms with Gasteiger partial charge in [0, 0.05) is 39.8 Å². The highest BCUT2D eigenvalue weighted by Crippen LogP contribution is 2.21. The number of rotatable bonds is 8. The molecule has 0 aliphatic carbocycles. The van der Waals surface area contributed by atoms with Crippen molar-refractivity contribution in [2.75, 3.05) is 39.8 Å². The molecule has 1 aliphatic rings. The quantitative estimate of drug-likeness (QED) is 0.648. The van der Waals surface area contributed by atoms with Gasteiger partial charge in [-0.05, 0) is 19.3 Å². The zero-order valence-electron chi connectivity index (χ0n) is 13.5. The van der Waals surface area contributed by atoms with Gasteiger partial charge in [0.1, 0.15) is 0 Å². The predicted octanol–water partition coefficient (Wildman–Crippen LogP) is 0.172. The molecule has 0 saturated carbocycles. The molecule has 1 fully saturated rings. The Labute approximate surface area is 140 Å². The predicted molar refractivity (Wildman–Crippen MR) is 90.1 cm³/mol. The summed E-state index contributed by atoms with van der Waals surface area (Å²) in [7, 11) is -1.86. The molecule has 1 unspecified atom stereocenters. The van der Waals surface area contributed by atoms with Crippen LogP contribution in [0.25, 0.3) is 0 Å². The molecule has 1 rings (SSSR count). The summed E-state index contributed by atoms with van der Waals surface area (Å²) >= 11 is 0. The minimum atomic E-state index is -3.46. The van der Waals surface area contributed by atoms with E-state index in [9.17, 15) is 13.2 Å². The van der Waals surface area contributed by atoms with Crippen LogP contribution in [0.5, 0.6) is 0 Å². The fourth-order valence-corrected chi connectivity index (χ4v) is 3.88. The molecule has 22 heavy (non-hydrogen) atoms. The monoisotopic (exact) mass is 356 g/mol. The van der Waals surface area contributed by atoms with Gasteiger partial charge in [-0.1, -0.05) is 13.3 Å². The number of hydrogen-bond acceptors (Lipinski definition) is 4. The molecule has 1 saturated heterocycles. The summed E-state index contributed by atoms with van der Waals surface area (Å²) in [5.41, 5.74) is 5.36. The average Bonchev–Trinajstić information content (AvgIpc) is 2.50. The van der Waals surface area contributed by atoms with E-state index in [1.54, 1.807) is 7.05 Å². The normalized spacial score (nSPS) is 19.7. The molecule has 132 valence electrons. The molecule has 0 aromatic carbocycles. The maximum atomic E-state index is 12.5. The van der Waals surface area contributed by atoms with Gasteiger partial charge in [-0.25, -0.2) is 0 Å². The Bertz CT molecular complexity index is 433. The molecular formula is C13H29ClN4O3S. The maximum absolute atomic E-state index is 12.5. The first kappa shape index (κ1) is 21.6. The molecule has 1 heterocycles. The molecule has 0 bridgehead atoms. The highest BCUT2D eigenvalue weighted by molar-refractivity contribution is 7.86. The number of carbonyl (C=O) groups is 1. The second-order valence-electron chi connectivity index (χ2n) is 5.46. The van der Waals surface area contributed by atoms with Gasteiger partial charge in [-0.15, -0.1) is 12.4 Å². The number of hydrogen-bond donors (Lipinski definition) is 2. The lowest BCUT2D eigenvalue weighted by Crippen LogP contribution is -2.50. The minimum Gasteiger partial charge on any atom is -0.355 e. The van der Waals surface area contributed by atoms with Crippen LogP contribution in [0.1, 0.15) is 32.6 Å².